The van der Waals surface area contributed by atoms with Crippen LogP contribution in [0.25, 0.3) is 0 Å². The zero-order valence-corrected chi connectivity index (χ0v) is 15.0. The number of nitrogens with one attached hydrogen (secondary N) is 1. The van der Waals surface area contributed by atoms with Crippen LogP contribution in [0.5, 0.6) is 0 Å². The first kappa shape index (κ1) is 18.5. The molecule has 6 heteroatoms. The first-order valence-electron chi connectivity index (χ1n) is 8.86. The highest BCUT2D eigenvalue weighted by Crippen LogP contribution is 2.27. The Balaban J connectivity index is 1.79. The minimum absolute atomic E-state index is 0.302. The van der Waals surface area contributed by atoms with E-state index in [-0.39, 0.29) is 6.09 Å². The van der Waals surface area contributed by atoms with Crippen molar-refractivity contribution in [1.29, 1.82) is 0 Å². The van der Waals surface area contributed by atoms with Crippen LogP contribution in [0.2, 0.25) is 0 Å². The van der Waals surface area contributed by atoms with E-state index in [2.05, 4.69) is 10.2 Å². The number of ether oxygens (including phenoxy) is 1. The van der Waals surface area contributed by atoms with Crippen molar-refractivity contribution in [3.05, 3.63) is 0 Å². The summed E-state index contributed by atoms with van der Waals surface area (Å²) in [5.41, 5.74) is -0.517. The number of piperidine rings is 3. The predicted octanol–water partition coefficient (Wildman–Crippen LogP) is 1.29. The van der Waals surface area contributed by atoms with Crippen LogP contribution in [0, 0.1) is 5.92 Å². The van der Waals surface area contributed by atoms with E-state index in [9.17, 15) is 9.90 Å². The molecule has 1 amide bonds. The summed E-state index contributed by atoms with van der Waals surface area (Å²) >= 11 is 0. The molecule has 0 aromatic heterocycles. The highest BCUT2D eigenvalue weighted by molar-refractivity contribution is 5.68. The van der Waals surface area contributed by atoms with Gasteiger partial charge in [-0.05, 0) is 59.5 Å². The van der Waals surface area contributed by atoms with E-state index in [0.717, 1.165) is 19.0 Å². The lowest BCUT2D eigenvalue weighted by molar-refractivity contribution is 0.0153. The second kappa shape index (κ2) is 7.81. The molecule has 2 atom stereocenters. The minimum atomic E-state index is -0.556. The van der Waals surface area contributed by atoms with Crippen molar-refractivity contribution < 1.29 is 14.6 Å². The number of carbonyl (C=O) groups is 1. The lowest BCUT2D eigenvalue weighted by Gasteiger charge is -2.45. The number of hydrogen-bond donors (Lipinski definition) is 2. The molecule has 0 spiro atoms. The number of hydrogen-bond acceptors (Lipinski definition) is 5. The topological polar surface area (TPSA) is 65.0 Å². The maximum absolute atomic E-state index is 12.3. The quantitative estimate of drug-likeness (QED) is 0.769. The molecule has 3 aliphatic heterocycles. The van der Waals surface area contributed by atoms with Crippen LogP contribution >= 0.6 is 0 Å². The highest BCUT2D eigenvalue weighted by atomic mass is 16.6. The molecule has 0 aromatic rings. The van der Waals surface area contributed by atoms with Gasteiger partial charge in [0.15, 0.2) is 0 Å². The molecule has 0 saturated carbocycles. The molecule has 3 saturated heterocycles. The number of carbonyl (C=O) groups excluding carboxylic acids is 1. The molecule has 3 fully saturated rings. The van der Waals surface area contributed by atoms with Crippen molar-refractivity contribution in [2.75, 3.05) is 39.3 Å². The van der Waals surface area contributed by atoms with Crippen LogP contribution < -0.4 is 5.32 Å². The Kier molecular flexibility index (Phi) is 6.28. The van der Waals surface area contributed by atoms with Crippen LogP contribution in [-0.2, 0) is 4.74 Å². The molecular formula is C17H33N3O3. The summed E-state index contributed by atoms with van der Waals surface area (Å²) < 4.78 is 5.43. The molecule has 3 heterocycles. The Labute approximate surface area is 140 Å². The van der Waals surface area contributed by atoms with Gasteiger partial charge in [-0.2, -0.15) is 0 Å². The van der Waals surface area contributed by atoms with Crippen molar-refractivity contribution >= 4 is 6.09 Å². The average molecular weight is 327 g/mol. The number of aliphatic hydroxyl groups is 1. The number of amides is 1. The van der Waals surface area contributed by atoms with Gasteiger partial charge in [-0.25, -0.2) is 4.79 Å². The lowest BCUT2D eigenvalue weighted by Crippen LogP contribution is -2.57. The maximum Gasteiger partial charge on any atom is 0.410 e. The summed E-state index contributed by atoms with van der Waals surface area (Å²) in [6.07, 6.45) is 1.65. The minimum Gasteiger partial charge on any atom is -0.444 e. The third-order valence-corrected chi connectivity index (χ3v) is 4.58. The van der Waals surface area contributed by atoms with Crippen molar-refractivity contribution in [2.45, 2.75) is 58.3 Å². The van der Waals surface area contributed by atoms with Gasteiger partial charge in [-0.15, -0.1) is 0 Å². The van der Waals surface area contributed by atoms with Crippen LogP contribution in [0.1, 0.15) is 40.5 Å². The molecule has 6 nitrogen and oxygen atoms in total. The van der Waals surface area contributed by atoms with Gasteiger partial charge in [-0.1, -0.05) is 0 Å². The van der Waals surface area contributed by atoms with E-state index >= 15 is 0 Å². The third-order valence-electron chi connectivity index (χ3n) is 4.58. The molecule has 0 aromatic carbocycles. The van der Waals surface area contributed by atoms with E-state index in [1.165, 1.54) is 25.9 Å². The van der Waals surface area contributed by atoms with Gasteiger partial charge in [0.1, 0.15) is 5.60 Å². The van der Waals surface area contributed by atoms with Crippen LogP contribution in [-0.4, -0.2) is 78.0 Å². The number of aliphatic hydroxyl groups excluding tert-OH is 1. The molecule has 134 valence electrons. The van der Waals surface area contributed by atoms with E-state index in [1.54, 1.807) is 11.8 Å². The van der Waals surface area contributed by atoms with Crippen LogP contribution in [0.3, 0.4) is 0 Å². The fourth-order valence-corrected chi connectivity index (χ4v) is 3.48. The smallest absolute Gasteiger partial charge is 0.410 e. The lowest BCUT2D eigenvalue weighted by atomic mass is 9.84. The van der Waals surface area contributed by atoms with Crippen LogP contribution in [0.4, 0.5) is 4.79 Å². The molecular weight excluding hydrogens is 294 g/mol. The first-order chi connectivity index (χ1) is 10.7. The summed E-state index contributed by atoms with van der Waals surface area (Å²) in [5.74, 6) is 0.770. The highest BCUT2D eigenvalue weighted by Gasteiger charge is 2.33. The Morgan fingerprint density at radius 2 is 2.04 bits per heavy atom. The van der Waals surface area contributed by atoms with Gasteiger partial charge in [0.2, 0.25) is 0 Å². The van der Waals surface area contributed by atoms with Gasteiger partial charge >= 0.3 is 6.09 Å². The van der Waals surface area contributed by atoms with Crippen molar-refractivity contribution in [2.24, 2.45) is 5.92 Å². The van der Waals surface area contributed by atoms with Gasteiger partial charge in [0.05, 0.1) is 6.10 Å². The second-order valence-electron chi connectivity index (χ2n) is 7.97. The van der Waals surface area contributed by atoms with E-state index in [4.69, 9.17) is 4.74 Å². The second-order valence-corrected chi connectivity index (χ2v) is 7.97. The SMILES string of the molecule is CC(O)CN(CCNC1CN2CCC1CC2)C(=O)OC(C)(C)C. The molecule has 0 aliphatic carbocycles. The van der Waals surface area contributed by atoms with Gasteiger partial charge in [-0.3, -0.25) is 0 Å². The van der Waals surface area contributed by atoms with Gasteiger partial charge in [0, 0.05) is 32.2 Å². The van der Waals surface area contributed by atoms with Gasteiger partial charge in [0.25, 0.3) is 0 Å². The molecule has 3 aliphatic rings. The Morgan fingerprint density at radius 1 is 1.39 bits per heavy atom. The van der Waals surface area contributed by atoms with E-state index < -0.39 is 11.7 Å². The molecule has 0 radical (unpaired) electrons. The molecule has 2 N–H and O–H groups in total. The number of fused-ring (bicyclic) bond motifs is 3. The predicted molar refractivity (Wildman–Crippen MR) is 90.4 cm³/mol. The molecule has 2 unspecified atom stereocenters. The summed E-state index contributed by atoms with van der Waals surface area (Å²) in [4.78, 5) is 16.4. The summed E-state index contributed by atoms with van der Waals surface area (Å²) in [5, 5.41) is 13.2. The summed E-state index contributed by atoms with van der Waals surface area (Å²) in [6, 6.07) is 0.532. The van der Waals surface area contributed by atoms with E-state index in [1.807, 2.05) is 20.8 Å². The Morgan fingerprint density at radius 3 is 2.52 bits per heavy atom. The van der Waals surface area contributed by atoms with Crippen molar-refractivity contribution in [3.8, 4) is 0 Å². The first-order valence-corrected chi connectivity index (χ1v) is 8.86. The fourth-order valence-electron chi connectivity index (χ4n) is 3.48. The monoisotopic (exact) mass is 327 g/mol. The average Bonchev–Trinajstić information content (AvgIpc) is 2.45. The maximum atomic E-state index is 12.3. The molecule has 2 bridgehead atoms. The largest absolute Gasteiger partial charge is 0.444 e. The molecule has 3 rings (SSSR count). The number of rotatable bonds is 6. The zero-order chi connectivity index (χ0) is 17.0. The summed E-state index contributed by atoms with van der Waals surface area (Å²) in [6.45, 7) is 12.4. The molecule has 23 heavy (non-hydrogen) atoms. The Hall–Kier alpha value is -0.850. The fraction of sp³-hybridized carbons (Fsp3) is 0.941. The van der Waals surface area contributed by atoms with Crippen molar-refractivity contribution in [1.82, 2.24) is 15.1 Å². The number of nitrogens with zero attached hydrogens (tertiary/aromatic N) is 2. The third kappa shape index (κ3) is 5.94. The van der Waals surface area contributed by atoms with E-state index in [0.29, 0.717) is 19.1 Å². The van der Waals surface area contributed by atoms with Crippen LogP contribution in [0.15, 0.2) is 0 Å². The van der Waals surface area contributed by atoms with Gasteiger partial charge < -0.3 is 25.0 Å². The normalized spacial score (nSPS) is 28.5. The van der Waals surface area contributed by atoms with Crippen molar-refractivity contribution in [3.63, 3.8) is 0 Å². The zero-order valence-electron chi connectivity index (χ0n) is 15.0. The Bertz CT molecular complexity index is 387. The summed E-state index contributed by atoms with van der Waals surface area (Å²) in [7, 11) is 0. The standard InChI is InChI=1S/C17H33N3O3/c1-13(21)11-20(16(22)23-17(2,3)4)10-7-18-15-12-19-8-5-14(15)6-9-19/h13-15,18,21H,5-12H2,1-4H3.